The lowest BCUT2D eigenvalue weighted by Gasteiger charge is -2.23. The molecule has 2 amide bonds. The van der Waals surface area contributed by atoms with Crippen LogP contribution < -0.4 is 5.32 Å². The zero-order valence-electron chi connectivity index (χ0n) is 14.6. The van der Waals surface area contributed by atoms with E-state index in [4.69, 9.17) is 16.3 Å². The Labute approximate surface area is 180 Å². The van der Waals surface area contributed by atoms with Crippen molar-refractivity contribution in [1.29, 1.82) is 0 Å². The van der Waals surface area contributed by atoms with Crippen molar-refractivity contribution >= 4 is 63.6 Å². The van der Waals surface area contributed by atoms with Crippen LogP contribution in [0.1, 0.15) is 11.1 Å². The molecule has 8 heteroatoms. The topological polar surface area (TPSA) is 58.6 Å². The molecule has 0 aromatic heterocycles. The van der Waals surface area contributed by atoms with E-state index in [1.807, 2.05) is 43.3 Å². The molecule has 0 saturated carbocycles. The van der Waals surface area contributed by atoms with E-state index in [-0.39, 0.29) is 12.5 Å². The van der Waals surface area contributed by atoms with E-state index in [9.17, 15) is 9.59 Å². The molecule has 0 bridgehead atoms. The second kappa shape index (κ2) is 9.16. The number of rotatable bonds is 4. The lowest BCUT2D eigenvalue weighted by atomic mass is 10.2. The minimum atomic E-state index is -0.589. The second-order valence-corrected chi connectivity index (χ2v) is 8.59. The Bertz CT molecular complexity index is 850. The fourth-order valence-electron chi connectivity index (χ4n) is 2.62. The number of carbonyl (C=O) groups is 2. The molecule has 142 valence electrons. The Morgan fingerprint density at radius 2 is 2.04 bits per heavy atom. The monoisotopic (exact) mass is 516 g/mol. The Kier molecular flexibility index (Phi) is 6.88. The van der Waals surface area contributed by atoms with Gasteiger partial charge >= 0.3 is 6.09 Å². The van der Waals surface area contributed by atoms with E-state index in [0.717, 1.165) is 14.7 Å². The predicted molar refractivity (Wildman–Crippen MR) is 117 cm³/mol. The molecule has 1 heterocycles. The van der Waals surface area contributed by atoms with E-state index >= 15 is 0 Å². The number of nitrogens with one attached hydrogen (secondary N) is 1. The molecular formula is C19H18ClIN2O3S. The van der Waals surface area contributed by atoms with Gasteiger partial charge in [0.2, 0.25) is 5.91 Å². The number of thioether (sulfide) groups is 1. The van der Waals surface area contributed by atoms with Crippen LogP contribution in [0.25, 0.3) is 0 Å². The third-order valence-corrected chi connectivity index (χ3v) is 6.87. The Morgan fingerprint density at radius 3 is 2.78 bits per heavy atom. The van der Waals surface area contributed by atoms with Crippen molar-refractivity contribution in [2.75, 3.05) is 16.9 Å². The SMILES string of the molecule is Cc1c(I)ccc(NC(=O)[C@H]2CSCN2C(=O)OCc2ccccc2)c1Cl. The summed E-state index contributed by atoms with van der Waals surface area (Å²) in [6.45, 7) is 2.08. The van der Waals surface area contributed by atoms with Crippen LogP contribution >= 0.6 is 46.0 Å². The molecule has 1 aliphatic rings. The van der Waals surface area contributed by atoms with Crippen molar-refractivity contribution in [3.8, 4) is 0 Å². The second-order valence-electron chi connectivity index (χ2n) is 6.05. The van der Waals surface area contributed by atoms with E-state index in [0.29, 0.717) is 22.3 Å². The molecule has 5 nitrogen and oxygen atoms in total. The maximum Gasteiger partial charge on any atom is 0.411 e. The maximum absolute atomic E-state index is 12.7. The van der Waals surface area contributed by atoms with Crippen LogP contribution in [0.4, 0.5) is 10.5 Å². The van der Waals surface area contributed by atoms with Crippen LogP contribution in [-0.2, 0) is 16.1 Å². The minimum Gasteiger partial charge on any atom is -0.445 e. The molecule has 0 unspecified atom stereocenters. The van der Waals surface area contributed by atoms with Gasteiger partial charge in [-0.3, -0.25) is 9.69 Å². The van der Waals surface area contributed by atoms with Gasteiger partial charge in [-0.2, -0.15) is 0 Å². The standard InChI is InChI=1S/C19H18ClIN2O3S/c1-12-14(21)7-8-15(17(12)20)22-18(24)16-10-27-11-23(16)19(25)26-9-13-5-3-2-4-6-13/h2-8,16H,9-11H2,1H3,(H,22,24)/t16-/m1/s1. The highest BCUT2D eigenvalue weighted by molar-refractivity contribution is 14.1. The molecule has 2 aromatic rings. The fourth-order valence-corrected chi connectivity index (χ4v) is 4.58. The molecule has 1 saturated heterocycles. The van der Waals surface area contributed by atoms with Gasteiger partial charge in [-0.05, 0) is 52.8 Å². The van der Waals surface area contributed by atoms with Crippen LogP contribution in [0.3, 0.4) is 0 Å². The predicted octanol–water partition coefficient (Wildman–Crippen LogP) is 4.90. The first kappa shape index (κ1) is 20.3. The Balaban J connectivity index is 1.64. The zero-order valence-corrected chi connectivity index (χ0v) is 18.3. The van der Waals surface area contributed by atoms with Gasteiger partial charge in [0.1, 0.15) is 12.6 Å². The van der Waals surface area contributed by atoms with Crippen molar-refractivity contribution in [2.24, 2.45) is 0 Å². The van der Waals surface area contributed by atoms with Crippen LogP contribution in [0.5, 0.6) is 0 Å². The van der Waals surface area contributed by atoms with Gasteiger partial charge in [0.15, 0.2) is 0 Å². The Morgan fingerprint density at radius 1 is 1.30 bits per heavy atom. The van der Waals surface area contributed by atoms with Crippen molar-refractivity contribution in [2.45, 2.75) is 19.6 Å². The number of hydrogen-bond donors (Lipinski definition) is 1. The molecule has 0 spiro atoms. The third-order valence-electron chi connectivity index (χ3n) is 4.20. The number of ether oxygens (including phenoxy) is 1. The normalized spacial score (nSPS) is 16.3. The van der Waals surface area contributed by atoms with E-state index in [1.54, 1.807) is 6.07 Å². The zero-order chi connectivity index (χ0) is 19.4. The molecule has 2 aromatic carbocycles. The Hall–Kier alpha value is -1.45. The summed E-state index contributed by atoms with van der Waals surface area (Å²) in [4.78, 5) is 26.6. The number of hydrogen-bond acceptors (Lipinski definition) is 4. The molecule has 1 N–H and O–H groups in total. The van der Waals surface area contributed by atoms with E-state index < -0.39 is 12.1 Å². The van der Waals surface area contributed by atoms with Gasteiger partial charge < -0.3 is 10.1 Å². The lowest BCUT2D eigenvalue weighted by molar-refractivity contribution is -0.119. The van der Waals surface area contributed by atoms with Gasteiger partial charge in [-0.1, -0.05) is 41.9 Å². The first-order valence-electron chi connectivity index (χ1n) is 8.28. The highest BCUT2D eigenvalue weighted by Crippen LogP contribution is 2.30. The van der Waals surface area contributed by atoms with Gasteiger partial charge in [0.05, 0.1) is 16.6 Å². The molecule has 27 heavy (non-hydrogen) atoms. The summed E-state index contributed by atoms with van der Waals surface area (Å²) in [6, 6.07) is 12.5. The first-order valence-corrected chi connectivity index (χ1v) is 10.9. The number of amides is 2. The van der Waals surface area contributed by atoms with Crippen LogP contribution in [0, 0.1) is 10.5 Å². The number of anilines is 1. The summed E-state index contributed by atoms with van der Waals surface area (Å²) in [5, 5.41) is 3.35. The molecule has 1 atom stereocenters. The minimum absolute atomic E-state index is 0.178. The smallest absolute Gasteiger partial charge is 0.411 e. The average molecular weight is 517 g/mol. The quantitative estimate of drug-likeness (QED) is 0.587. The van der Waals surface area contributed by atoms with E-state index in [1.165, 1.54) is 16.7 Å². The molecular weight excluding hydrogens is 499 g/mol. The van der Waals surface area contributed by atoms with E-state index in [2.05, 4.69) is 27.9 Å². The lowest BCUT2D eigenvalue weighted by Crippen LogP contribution is -2.44. The maximum atomic E-state index is 12.7. The molecule has 3 rings (SSSR count). The number of benzene rings is 2. The number of nitrogens with zero attached hydrogens (tertiary/aromatic N) is 1. The largest absolute Gasteiger partial charge is 0.445 e. The highest BCUT2D eigenvalue weighted by atomic mass is 127. The molecule has 1 fully saturated rings. The van der Waals surface area contributed by atoms with Gasteiger partial charge in [-0.25, -0.2) is 4.79 Å². The summed E-state index contributed by atoms with van der Waals surface area (Å²) in [6.07, 6.45) is -0.492. The summed E-state index contributed by atoms with van der Waals surface area (Å²) >= 11 is 10.0. The summed E-state index contributed by atoms with van der Waals surface area (Å²) in [5.74, 6) is 0.678. The van der Waals surface area contributed by atoms with Crippen molar-refractivity contribution < 1.29 is 14.3 Å². The van der Waals surface area contributed by atoms with Gasteiger partial charge in [-0.15, -0.1) is 11.8 Å². The van der Waals surface area contributed by atoms with Crippen LogP contribution in [0.2, 0.25) is 5.02 Å². The van der Waals surface area contributed by atoms with Crippen LogP contribution in [0.15, 0.2) is 42.5 Å². The molecule has 0 aliphatic carbocycles. The molecule has 1 aliphatic heterocycles. The highest BCUT2D eigenvalue weighted by Gasteiger charge is 2.36. The molecule has 0 radical (unpaired) electrons. The van der Waals surface area contributed by atoms with Crippen molar-refractivity contribution in [1.82, 2.24) is 4.90 Å². The average Bonchev–Trinajstić information content (AvgIpc) is 3.17. The first-order chi connectivity index (χ1) is 13.0. The third kappa shape index (κ3) is 4.89. The number of carbonyl (C=O) groups excluding carboxylic acids is 2. The van der Waals surface area contributed by atoms with Crippen molar-refractivity contribution in [3.63, 3.8) is 0 Å². The van der Waals surface area contributed by atoms with Gasteiger partial charge in [0, 0.05) is 9.32 Å². The summed E-state index contributed by atoms with van der Waals surface area (Å²) in [7, 11) is 0. The summed E-state index contributed by atoms with van der Waals surface area (Å²) in [5.41, 5.74) is 2.36. The van der Waals surface area contributed by atoms with Gasteiger partial charge in [0.25, 0.3) is 0 Å². The van der Waals surface area contributed by atoms with Crippen LogP contribution in [-0.4, -0.2) is 34.6 Å². The fraction of sp³-hybridized carbons (Fsp3) is 0.263. The summed E-state index contributed by atoms with van der Waals surface area (Å²) < 4.78 is 6.39. The van der Waals surface area contributed by atoms with Crippen molar-refractivity contribution in [3.05, 3.63) is 62.2 Å². The number of halogens is 2.